The molecule has 0 unspecified atom stereocenters. The third-order valence-electron chi connectivity index (χ3n) is 1.13. The van der Waals surface area contributed by atoms with E-state index in [-0.39, 0.29) is 5.97 Å². The van der Waals surface area contributed by atoms with Gasteiger partial charge in [0.2, 0.25) is 0 Å². The Kier molecular flexibility index (Phi) is 5.11. The average Bonchev–Trinajstić information content (AvgIpc) is 2.03. The van der Waals surface area contributed by atoms with E-state index in [4.69, 9.17) is 5.73 Å². The first-order valence-corrected chi connectivity index (χ1v) is 3.34. The average molecular weight is 155 g/mol. The first-order chi connectivity index (χ1) is 5.22. The fraction of sp³-hybridized carbons (Fsp3) is 0.375. The third kappa shape index (κ3) is 4.33. The number of ether oxygens (including phenoxy) is 1. The number of hydrogen-bond acceptors (Lipinski definition) is 3. The number of hydrogen-bond donors (Lipinski definition) is 1. The highest BCUT2D eigenvalue weighted by atomic mass is 16.5. The first-order valence-electron chi connectivity index (χ1n) is 3.34. The number of allylic oxidation sites excluding steroid dienone is 2. The zero-order valence-corrected chi connectivity index (χ0v) is 6.83. The molecule has 0 rings (SSSR count). The van der Waals surface area contributed by atoms with E-state index in [0.717, 1.165) is 0 Å². The normalized spacial score (nSPS) is 12.1. The Bertz CT molecular complexity index is 183. The van der Waals surface area contributed by atoms with Gasteiger partial charge < -0.3 is 10.5 Å². The lowest BCUT2D eigenvalue weighted by Gasteiger charge is -1.94. The van der Waals surface area contributed by atoms with Gasteiger partial charge in [0.25, 0.3) is 0 Å². The summed E-state index contributed by atoms with van der Waals surface area (Å²) in [6.07, 6.45) is 5.15. The Morgan fingerprint density at radius 1 is 1.64 bits per heavy atom. The van der Waals surface area contributed by atoms with Crippen LogP contribution in [0.2, 0.25) is 0 Å². The van der Waals surface area contributed by atoms with Crippen LogP contribution in [0.4, 0.5) is 0 Å². The van der Waals surface area contributed by atoms with Crippen molar-refractivity contribution in [2.45, 2.75) is 6.92 Å². The molecule has 3 nitrogen and oxygen atoms in total. The second-order valence-electron chi connectivity index (χ2n) is 2.01. The zero-order chi connectivity index (χ0) is 8.69. The Labute approximate surface area is 66.5 Å². The van der Waals surface area contributed by atoms with Crippen LogP contribution in [0.5, 0.6) is 0 Å². The summed E-state index contributed by atoms with van der Waals surface area (Å²) in [7, 11) is 1.35. The Morgan fingerprint density at radius 3 is 2.73 bits per heavy atom. The van der Waals surface area contributed by atoms with Crippen LogP contribution >= 0.6 is 0 Å². The van der Waals surface area contributed by atoms with Crippen molar-refractivity contribution in [1.29, 1.82) is 0 Å². The summed E-state index contributed by atoms with van der Waals surface area (Å²) < 4.78 is 4.47. The van der Waals surface area contributed by atoms with Gasteiger partial charge in [0.1, 0.15) is 0 Å². The highest BCUT2D eigenvalue weighted by Gasteiger charge is 1.99. The van der Waals surface area contributed by atoms with Gasteiger partial charge in [0.05, 0.1) is 7.11 Å². The standard InChI is InChI=1S/C8H13NO2/c1-7(8(10)11-2)5-3-4-6-9/h3-5H,6,9H2,1-2H3/b4-3+,7-5+. The van der Waals surface area contributed by atoms with Crippen molar-refractivity contribution in [2.24, 2.45) is 5.73 Å². The predicted molar refractivity (Wildman–Crippen MR) is 44.0 cm³/mol. The topological polar surface area (TPSA) is 52.3 Å². The van der Waals surface area contributed by atoms with Gasteiger partial charge in [-0.25, -0.2) is 4.79 Å². The van der Waals surface area contributed by atoms with E-state index in [1.54, 1.807) is 25.2 Å². The molecule has 0 fully saturated rings. The first kappa shape index (κ1) is 9.91. The molecule has 0 spiro atoms. The minimum Gasteiger partial charge on any atom is -0.466 e. The predicted octanol–water partition coefficient (Wildman–Crippen LogP) is 0.621. The molecule has 2 N–H and O–H groups in total. The van der Waals surface area contributed by atoms with Crippen molar-refractivity contribution in [1.82, 2.24) is 0 Å². The van der Waals surface area contributed by atoms with Crippen LogP contribution < -0.4 is 5.73 Å². The van der Waals surface area contributed by atoms with Crippen molar-refractivity contribution in [2.75, 3.05) is 13.7 Å². The molecule has 0 bridgehead atoms. The second kappa shape index (κ2) is 5.68. The fourth-order valence-corrected chi connectivity index (χ4v) is 0.520. The molecule has 0 aromatic heterocycles. The number of esters is 1. The Hall–Kier alpha value is -1.09. The van der Waals surface area contributed by atoms with Crippen molar-refractivity contribution < 1.29 is 9.53 Å². The van der Waals surface area contributed by atoms with E-state index in [1.165, 1.54) is 7.11 Å². The molecule has 0 saturated carbocycles. The smallest absolute Gasteiger partial charge is 0.333 e. The maximum absolute atomic E-state index is 10.8. The molecule has 0 aromatic rings. The van der Waals surface area contributed by atoms with Crippen molar-refractivity contribution in [3.05, 3.63) is 23.8 Å². The van der Waals surface area contributed by atoms with Crippen molar-refractivity contribution in [3.8, 4) is 0 Å². The van der Waals surface area contributed by atoms with Crippen molar-refractivity contribution in [3.63, 3.8) is 0 Å². The lowest BCUT2D eigenvalue weighted by atomic mass is 10.3. The minimum atomic E-state index is -0.313. The van der Waals surface area contributed by atoms with Gasteiger partial charge in [-0.1, -0.05) is 18.2 Å². The van der Waals surface area contributed by atoms with Crippen LogP contribution in [-0.4, -0.2) is 19.6 Å². The van der Waals surface area contributed by atoms with Crippen LogP contribution in [0.25, 0.3) is 0 Å². The monoisotopic (exact) mass is 155 g/mol. The van der Waals surface area contributed by atoms with E-state index >= 15 is 0 Å². The molecule has 0 aliphatic carbocycles. The van der Waals surface area contributed by atoms with E-state index in [0.29, 0.717) is 12.1 Å². The lowest BCUT2D eigenvalue weighted by molar-refractivity contribution is -0.136. The van der Waals surface area contributed by atoms with Gasteiger partial charge in [-0.3, -0.25) is 0 Å². The molecular weight excluding hydrogens is 142 g/mol. The summed E-state index contributed by atoms with van der Waals surface area (Å²) in [5, 5.41) is 0. The highest BCUT2D eigenvalue weighted by Crippen LogP contribution is 1.94. The number of carbonyl (C=O) groups is 1. The summed E-state index contributed by atoms with van der Waals surface area (Å²) in [6, 6.07) is 0. The van der Waals surface area contributed by atoms with Gasteiger partial charge in [0.15, 0.2) is 0 Å². The largest absolute Gasteiger partial charge is 0.466 e. The van der Waals surface area contributed by atoms with E-state index in [9.17, 15) is 4.79 Å². The highest BCUT2D eigenvalue weighted by molar-refractivity contribution is 5.87. The van der Waals surface area contributed by atoms with E-state index in [2.05, 4.69) is 4.74 Å². The molecule has 0 aliphatic heterocycles. The number of nitrogens with two attached hydrogens (primary N) is 1. The quantitative estimate of drug-likeness (QED) is 0.369. The summed E-state index contributed by atoms with van der Waals surface area (Å²) >= 11 is 0. The van der Waals surface area contributed by atoms with Crippen LogP contribution in [0.3, 0.4) is 0 Å². The summed E-state index contributed by atoms with van der Waals surface area (Å²) in [4.78, 5) is 10.8. The van der Waals surface area contributed by atoms with Gasteiger partial charge in [-0.05, 0) is 6.92 Å². The van der Waals surface area contributed by atoms with Crippen LogP contribution in [-0.2, 0) is 9.53 Å². The molecule has 3 heteroatoms. The lowest BCUT2D eigenvalue weighted by Crippen LogP contribution is -2.00. The molecule has 62 valence electrons. The number of carbonyl (C=O) groups excluding carboxylic acids is 1. The van der Waals surface area contributed by atoms with Gasteiger partial charge in [-0.2, -0.15) is 0 Å². The summed E-state index contributed by atoms with van der Waals surface area (Å²) in [5.74, 6) is -0.313. The second-order valence-corrected chi connectivity index (χ2v) is 2.01. The number of rotatable bonds is 3. The van der Waals surface area contributed by atoms with Crippen molar-refractivity contribution >= 4 is 5.97 Å². The molecule has 0 aliphatic rings. The zero-order valence-electron chi connectivity index (χ0n) is 6.83. The Morgan fingerprint density at radius 2 is 2.27 bits per heavy atom. The SMILES string of the molecule is COC(=O)/C(C)=C/C=C/CN. The van der Waals surface area contributed by atoms with Gasteiger partial charge in [0, 0.05) is 12.1 Å². The maximum atomic E-state index is 10.8. The molecule has 0 amide bonds. The van der Waals surface area contributed by atoms with Gasteiger partial charge >= 0.3 is 5.97 Å². The molecule has 0 saturated heterocycles. The molecule has 0 atom stereocenters. The molecule has 0 aromatic carbocycles. The number of methoxy groups -OCH3 is 1. The van der Waals surface area contributed by atoms with Crippen LogP contribution in [0.15, 0.2) is 23.8 Å². The minimum absolute atomic E-state index is 0.313. The van der Waals surface area contributed by atoms with Crippen LogP contribution in [0, 0.1) is 0 Å². The summed E-state index contributed by atoms with van der Waals surface area (Å²) in [6.45, 7) is 2.16. The van der Waals surface area contributed by atoms with E-state index < -0.39 is 0 Å². The van der Waals surface area contributed by atoms with E-state index in [1.807, 2.05) is 0 Å². The molecule has 0 heterocycles. The fourth-order valence-electron chi connectivity index (χ4n) is 0.520. The molecule has 0 radical (unpaired) electrons. The van der Waals surface area contributed by atoms with Gasteiger partial charge in [-0.15, -0.1) is 0 Å². The Balaban J connectivity index is 4.00. The summed E-state index contributed by atoms with van der Waals surface area (Å²) in [5.41, 5.74) is 5.76. The van der Waals surface area contributed by atoms with Crippen LogP contribution in [0.1, 0.15) is 6.92 Å². The molecule has 11 heavy (non-hydrogen) atoms. The third-order valence-corrected chi connectivity index (χ3v) is 1.13. The maximum Gasteiger partial charge on any atom is 0.333 e. The molecular formula is C8H13NO2.